The molecule has 0 radical (unpaired) electrons. The largest absolute Gasteiger partial charge is 0.356 e. The van der Waals surface area contributed by atoms with Gasteiger partial charge in [0.05, 0.1) is 6.42 Å². The zero-order valence-corrected chi connectivity index (χ0v) is 13.4. The lowest BCUT2D eigenvalue weighted by atomic mass is 10.1. The van der Waals surface area contributed by atoms with E-state index in [4.69, 9.17) is 0 Å². The molecule has 6 nitrogen and oxygen atoms in total. The van der Waals surface area contributed by atoms with Gasteiger partial charge in [0, 0.05) is 38.7 Å². The van der Waals surface area contributed by atoms with Crippen LogP contribution in [0.4, 0.5) is 5.69 Å². The van der Waals surface area contributed by atoms with E-state index in [0.717, 1.165) is 30.6 Å². The van der Waals surface area contributed by atoms with Crippen LogP contribution in [-0.4, -0.2) is 42.3 Å². The number of rotatable bonds is 7. The molecule has 1 aliphatic heterocycles. The predicted molar refractivity (Wildman–Crippen MR) is 87.9 cm³/mol. The van der Waals surface area contributed by atoms with Crippen molar-refractivity contribution in [2.45, 2.75) is 32.6 Å². The highest BCUT2D eigenvalue weighted by Gasteiger charge is 2.18. The lowest BCUT2D eigenvalue weighted by Crippen LogP contribution is -2.31. The Hall–Kier alpha value is -2.37. The fraction of sp³-hybridized carbons (Fsp3) is 0.471. The van der Waals surface area contributed by atoms with Crippen LogP contribution in [-0.2, 0) is 20.8 Å². The number of likely N-dealkylation sites (tertiary alicyclic amines) is 1. The van der Waals surface area contributed by atoms with E-state index in [0.29, 0.717) is 25.9 Å². The average molecular weight is 317 g/mol. The van der Waals surface area contributed by atoms with Gasteiger partial charge in [-0.2, -0.15) is 0 Å². The van der Waals surface area contributed by atoms with E-state index in [-0.39, 0.29) is 17.7 Å². The molecule has 1 fully saturated rings. The topological polar surface area (TPSA) is 78.5 Å². The van der Waals surface area contributed by atoms with Crippen LogP contribution in [0.15, 0.2) is 24.3 Å². The molecule has 1 aromatic rings. The molecular formula is C17H23N3O3. The molecule has 1 saturated heterocycles. The van der Waals surface area contributed by atoms with Gasteiger partial charge in [0.2, 0.25) is 17.7 Å². The Bertz CT molecular complexity index is 569. The maximum Gasteiger partial charge on any atom is 0.224 e. The first-order valence-corrected chi connectivity index (χ1v) is 7.95. The highest BCUT2D eigenvalue weighted by atomic mass is 16.2. The molecule has 1 aliphatic rings. The Morgan fingerprint density at radius 1 is 1.22 bits per heavy atom. The number of carbonyl (C=O) groups excluding carboxylic acids is 3. The van der Waals surface area contributed by atoms with Gasteiger partial charge in [-0.1, -0.05) is 12.1 Å². The molecule has 6 heteroatoms. The molecule has 0 bridgehead atoms. The second-order valence-electron chi connectivity index (χ2n) is 5.74. The van der Waals surface area contributed by atoms with Crippen molar-refractivity contribution < 1.29 is 14.4 Å². The van der Waals surface area contributed by atoms with E-state index in [2.05, 4.69) is 10.6 Å². The third kappa shape index (κ3) is 5.73. The smallest absolute Gasteiger partial charge is 0.224 e. The molecule has 1 aromatic carbocycles. The molecule has 0 unspecified atom stereocenters. The van der Waals surface area contributed by atoms with Gasteiger partial charge in [0.25, 0.3) is 0 Å². The summed E-state index contributed by atoms with van der Waals surface area (Å²) in [6.07, 6.45) is 2.68. The van der Waals surface area contributed by atoms with E-state index < -0.39 is 0 Å². The van der Waals surface area contributed by atoms with E-state index >= 15 is 0 Å². The van der Waals surface area contributed by atoms with Gasteiger partial charge >= 0.3 is 0 Å². The van der Waals surface area contributed by atoms with Gasteiger partial charge < -0.3 is 15.5 Å². The van der Waals surface area contributed by atoms with Crippen molar-refractivity contribution in [1.29, 1.82) is 0 Å². The number of nitrogens with zero attached hydrogens (tertiary/aromatic N) is 1. The fourth-order valence-electron chi connectivity index (χ4n) is 2.60. The number of nitrogens with one attached hydrogen (secondary N) is 2. The highest BCUT2D eigenvalue weighted by Crippen LogP contribution is 2.10. The molecule has 0 spiro atoms. The van der Waals surface area contributed by atoms with E-state index in [1.807, 2.05) is 17.0 Å². The number of hydrogen-bond donors (Lipinski definition) is 2. The first kappa shape index (κ1) is 17.0. The average Bonchev–Trinajstić information content (AvgIpc) is 2.90. The maximum atomic E-state index is 11.9. The lowest BCUT2D eigenvalue weighted by Gasteiger charge is -2.15. The summed E-state index contributed by atoms with van der Waals surface area (Å²) >= 11 is 0. The first-order chi connectivity index (χ1) is 11.0. The monoisotopic (exact) mass is 317 g/mol. The summed E-state index contributed by atoms with van der Waals surface area (Å²) in [5.41, 5.74) is 1.61. The maximum absolute atomic E-state index is 11.9. The molecular weight excluding hydrogens is 294 g/mol. The molecule has 0 saturated carbocycles. The first-order valence-electron chi connectivity index (χ1n) is 7.95. The highest BCUT2D eigenvalue weighted by molar-refractivity contribution is 5.88. The molecule has 2 N–H and O–H groups in total. The summed E-state index contributed by atoms with van der Waals surface area (Å²) in [6.45, 7) is 3.58. The zero-order valence-electron chi connectivity index (χ0n) is 13.4. The molecule has 124 valence electrons. The van der Waals surface area contributed by atoms with Crippen molar-refractivity contribution in [2.75, 3.05) is 25.0 Å². The zero-order chi connectivity index (χ0) is 16.7. The lowest BCUT2D eigenvalue weighted by molar-refractivity contribution is -0.127. The number of amides is 3. The second kappa shape index (κ2) is 8.31. The van der Waals surface area contributed by atoms with Crippen LogP contribution in [0.1, 0.15) is 31.7 Å². The molecule has 0 aromatic heterocycles. The Kier molecular flexibility index (Phi) is 6.14. The third-order valence-corrected chi connectivity index (χ3v) is 3.74. The van der Waals surface area contributed by atoms with E-state index in [9.17, 15) is 14.4 Å². The normalized spacial score (nSPS) is 14.0. The summed E-state index contributed by atoms with van der Waals surface area (Å²) in [6, 6.07) is 7.22. The minimum absolute atomic E-state index is 0.0370. The Balaban J connectivity index is 1.66. The van der Waals surface area contributed by atoms with Gasteiger partial charge in [-0.05, 0) is 30.5 Å². The van der Waals surface area contributed by atoms with Crippen LogP contribution in [0.3, 0.4) is 0 Å². The summed E-state index contributed by atoms with van der Waals surface area (Å²) in [5.74, 6) is 0.0626. The van der Waals surface area contributed by atoms with Crippen LogP contribution in [0.2, 0.25) is 0 Å². The van der Waals surface area contributed by atoms with Crippen LogP contribution in [0.25, 0.3) is 0 Å². The van der Waals surface area contributed by atoms with E-state index in [1.165, 1.54) is 6.92 Å². The number of benzene rings is 1. The standard InChI is InChI=1S/C17H23N3O3/c1-13(21)19-15-7-5-14(6-8-15)12-16(22)18-9-3-11-20-10-2-4-17(20)23/h5-8H,2-4,9-12H2,1H3,(H,18,22)(H,19,21). The molecule has 1 heterocycles. The number of carbonyl (C=O) groups is 3. The summed E-state index contributed by atoms with van der Waals surface area (Å²) in [7, 11) is 0. The Labute approximate surface area is 136 Å². The summed E-state index contributed by atoms with van der Waals surface area (Å²) < 4.78 is 0. The van der Waals surface area contributed by atoms with Gasteiger partial charge in [0.1, 0.15) is 0 Å². The molecule has 0 atom stereocenters. The van der Waals surface area contributed by atoms with Crippen LogP contribution in [0, 0.1) is 0 Å². The molecule has 3 amide bonds. The fourth-order valence-corrected chi connectivity index (χ4v) is 2.60. The number of anilines is 1. The van der Waals surface area contributed by atoms with Crippen molar-refractivity contribution >= 4 is 23.4 Å². The van der Waals surface area contributed by atoms with E-state index in [1.54, 1.807) is 12.1 Å². The van der Waals surface area contributed by atoms with Gasteiger partial charge in [-0.3, -0.25) is 14.4 Å². The summed E-state index contributed by atoms with van der Waals surface area (Å²) in [5, 5.41) is 5.56. The Morgan fingerprint density at radius 2 is 1.96 bits per heavy atom. The predicted octanol–water partition coefficient (Wildman–Crippen LogP) is 1.32. The van der Waals surface area contributed by atoms with Crippen molar-refractivity contribution in [3.63, 3.8) is 0 Å². The third-order valence-electron chi connectivity index (χ3n) is 3.74. The van der Waals surface area contributed by atoms with Crippen molar-refractivity contribution in [1.82, 2.24) is 10.2 Å². The molecule has 23 heavy (non-hydrogen) atoms. The minimum atomic E-state index is -0.119. The van der Waals surface area contributed by atoms with Crippen molar-refractivity contribution in [3.05, 3.63) is 29.8 Å². The quantitative estimate of drug-likeness (QED) is 0.744. The van der Waals surface area contributed by atoms with Gasteiger partial charge in [0.15, 0.2) is 0 Å². The Morgan fingerprint density at radius 3 is 2.57 bits per heavy atom. The van der Waals surface area contributed by atoms with Crippen LogP contribution in [0.5, 0.6) is 0 Å². The SMILES string of the molecule is CC(=O)Nc1ccc(CC(=O)NCCCN2CCCC2=O)cc1. The van der Waals surface area contributed by atoms with Gasteiger partial charge in [-0.15, -0.1) is 0 Å². The molecule has 2 rings (SSSR count). The number of hydrogen-bond acceptors (Lipinski definition) is 3. The minimum Gasteiger partial charge on any atom is -0.356 e. The van der Waals surface area contributed by atoms with Crippen LogP contribution >= 0.6 is 0 Å². The van der Waals surface area contributed by atoms with Crippen molar-refractivity contribution in [2.24, 2.45) is 0 Å². The summed E-state index contributed by atoms with van der Waals surface area (Å²) in [4.78, 5) is 36.1. The molecule has 0 aliphatic carbocycles. The second-order valence-corrected chi connectivity index (χ2v) is 5.74. The van der Waals surface area contributed by atoms with Crippen LogP contribution < -0.4 is 10.6 Å². The van der Waals surface area contributed by atoms with Gasteiger partial charge in [-0.25, -0.2) is 0 Å². The van der Waals surface area contributed by atoms with Crippen molar-refractivity contribution in [3.8, 4) is 0 Å².